The summed E-state index contributed by atoms with van der Waals surface area (Å²) in [5.41, 5.74) is 0.376. The Labute approximate surface area is 156 Å². The molecule has 6 nitrogen and oxygen atoms in total. The highest BCUT2D eigenvalue weighted by Gasteiger charge is 2.17. The highest BCUT2D eigenvalue weighted by molar-refractivity contribution is 7.98. The van der Waals surface area contributed by atoms with Crippen molar-refractivity contribution >= 4 is 29.3 Å². The predicted octanol–water partition coefficient (Wildman–Crippen LogP) is 2.82. The predicted molar refractivity (Wildman–Crippen MR) is 99.3 cm³/mol. The van der Waals surface area contributed by atoms with E-state index in [0.717, 1.165) is 4.90 Å². The minimum Gasteiger partial charge on any atom is -0.545 e. The highest BCUT2D eigenvalue weighted by Crippen LogP contribution is 2.34. The van der Waals surface area contributed by atoms with Gasteiger partial charge in [0.15, 0.2) is 11.5 Å². The van der Waals surface area contributed by atoms with Crippen molar-refractivity contribution in [3.05, 3.63) is 47.5 Å². The van der Waals surface area contributed by atoms with Crippen LogP contribution in [0.2, 0.25) is 0 Å². The zero-order valence-corrected chi connectivity index (χ0v) is 15.6. The molecule has 0 saturated carbocycles. The molecule has 1 N–H and O–H groups in total. The summed E-state index contributed by atoms with van der Waals surface area (Å²) < 4.78 is 10.9. The number of carboxylic acids is 1. The van der Waals surface area contributed by atoms with Crippen LogP contribution in [0.15, 0.2) is 41.3 Å². The van der Waals surface area contributed by atoms with Gasteiger partial charge in [-0.15, -0.1) is 11.8 Å². The van der Waals surface area contributed by atoms with Crippen LogP contribution in [0.4, 0.5) is 5.69 Å². The number of carboxylic acid groups (broad SMARTS) is 1. The van der Waals surface area contributed by atoms with E-state index in [9.17, 15) is 14.7 Å². The number of amides is 1. The molecule has 0 spiro atoms. The van der Waals surface area contributed by atoms with Gasteiger partial charge >= 0.3 is 0 Å². The molecule has 0 heterocycles. The fourth-order valence-corrected chi connectivity index (χ4v) is 2.99. The van der Waals surface area contributed by atoms with E-state index in [1.165, 1.54) is 23.9 Å². The van der Waals surface area contributed by atoms with Crippen molar-refractivity contribution in [1.82, 2.24) is 0 Å². The molecule has 0 unspecified atom stereocenters. The third-order valence-electron chi connectivity index (χ3n) is 3.50. The van der Waals surface area contributed by atoms with Crippen LogP contribution < -0.4 is 19.9 Å². The molecule has 138 valence electrons. The second-order valence-corrected chi connectivity index (χ2v) is 6.00. The molecule has 0 aliphatic heterocycles. The van der Waals surface area contributed by atoms with Crippen LogP contribution in [0.25, 0.3) is 0 Å². The fraction of sp³-hybridized carbons (Fsp3) is 0.263. The van der Waals surface area contributed by atoms with Gasteiger partial charge in [-0.3, -0.25) is 4.79 Å². The third kappa shape index (κ3) is 4.49. The lowest BCUT2D eigenvalue weighted by molar-refractivity contribution is -0.254. The minimum absolute atomic E-state index is 0.0952. The van der Waals surface area contributed by atoms with Crippen LogP contribution in [-0.4, -0.2) is 31.3 Å². The molecular formula is C19H20NO5S-. The Kier molecular flexibility index (Phi) is 6.91. The van der Waals surface area contributed by atoms with E-state index in [0.29, 0.717) is 24.5 Å². The molecule has 0 aliphatic carbocycles. The number of rotatable bonds is 8. The first kappa shape index (κ1) is 19.7. The second-order valence-electron chi connectivity index (χ2n) is 5.15. The molecule has 26 heavy (non-hydrogen) atoms. The first-order valence-electron chi connectivity index (χ1n) is 8.11. The molecule has 2 aromatic rings. The standard InChI is InChI=1S/C19H21NO5S/c1-4-24-15-10-13(19(22)23)14(11-16(15)25-5-2)20-18(21)12-8-6-7-9-17(12)26-3/h6-11H,4-5H2,1-3H3,(H,20,21)(H,22,23)/p-1. The Morgan fingerprint density at radius 1 is 1.04 bits per heavy atom. The van der Waals surface area contributed by atoms with Crippen molar-refractivity contribution in [1.29, 1.82) is 0 Å². The van der Waals surface area contributed by atoms with Crippen LogP contribution in [0.3, 0.4) is 0 Å². The molecular weight excluding hydrogens is 354 g/mol. The zero-order valence-electron chi connectivity index (χ0n) is 14.8. The highest BCUT2D eigenvalue weighted by atomic mass is 32.2. The lowest BCUT2D eigenvalue weighted by Gasteiger charge is -2.18. The lowest BCUT2D eigenvalue weighted by Crippen LogP contribution is -2.25. The number of aromatic carboxylic acids is 1. The zero-order chi connectivity index (χ0) is 19.1. The summed E-state index contributed by atoms with van der Waals surface area (Å²) in [4.78, 5) is 25.0. The number of carbonyl (C=O) groups excluding carboxylic acids is 2. The van der Waals surface area contributed by atoms with Gasteiger partial charge in [-0.05, 0) is 38.3 Å². The first-order valence-corrected chi connectivity index (χ1v) is 9.33. The molecule has 0 bridgehead atoms. The quantitative estimate of drug-likeness (QED) is 0.715. The lowest BCUT2D eigenvalue weighted by atomic mass is 10.1. The molecule has 7 heteroatoms. The van der Waals surface area contributed by atoms with E-state index >= 15 is 0 Å². The average molecular weight is 374 g/mol. The van der Waals surface area contributed by atoms with Crippen molar-refractivity contribution < 1.29 is 24.2 Å². The fourth-order valence-electron chi connectivity index (χ4n) is 2.39. The molecule has 0 radical (unpaired) electrons. The van der Waals surface area contributed by atoms with Gasteiger partial charge in [0.1, 0.15) is 0 Å². The van der Waals surface area contributed by atoms with Crippen LogP contribution in [0, 0.1) is 0 Å². The normalized spacial score (nSPS) is 10.3. The van der Waals surface area contributed by atoms with Gasteiger partial charge in [0, 0.05) is 16.5 Å². The molecule has 2 rings (SSSR count). The minimum atomic E-state index is -1.41. The number of benzene rings is 2. The summed E-state index contributed by atoms with van der Waals surface area (Å²) >= 11 is 1.43. The number of thioether (sulfide) groups is 1. The van der Waals surface area contributed by atoms with Crippen molar-refractivity contribution in [2.45, 2.75) is 18.7 Å². The van der Waals surface area contributed by atoms with Crippen molar-refractivity contribution in [3.8, 4) is 11.5 Å². The summed E-state index contributed by atoms with van der Waals surface area (Å²) in [5, 5.41) is 14.2. The van der Waals surface area contributed by atoms with Gasteiger partial charge in [0.05, 0.1) is 30.4 Å². The Morgan fingerprint density at radius 3 is 2.23 bits per heavy atom. The van der Waals surface area contributed by atoms with Gasteiger partial charge in [0.25, 0.3) is 5.91 Å². The smallest absolute Gasteiger partial charge is 0.256 e. The van der Waals surface area contributed by atoms with Crippen molar-refractivity contribution in [3.63, 3.8) is 0 Å². The molecule has 0 atom stereocenters. The first-order chi connectivity index (χ1) is 12.5. The van der Waals surface area contributed by atoms with E-state index < -0.39 is 11.9 Å². The molecule has 1 amide bonds. The van der Waals surface area contributed by atoms with E-state index in [-0.39, 0.29) is 17.0 Å². The molecule has 0 fully saturated rings. The number of anilines is 1. The summed E-state index contributed by atoms with van der Waals surface area (Å²) in [6.07, 6.45) is 1.86. The SMILES string of the molecule is CCOc1cc(NC(=O)c2ccccc2SC)c(C(=O)[O-])cc1OCC. The van der Waals surface area contributed by atoms with Crippen molar-refractivity contribution in [2.75, 3.05) is 24.8 Å². The summed E-state index contributed by atoms with van der Waals surface area (Å²) in [6.45, 7) is 4.30. The maximum absolute atomic E-state index is 12.6. The molecule has 0 aliphatic rings. The summed E-state index contributed by atoms with van der Waals surface area (Å²) in [7, 11) is 0. The van der Waals surface area contributed by atoms with Gasteiger partial charge in [-0.2, -0.15) is 0 Å². The van der Waals surface area contributed by atoms with E-state index in [1.807, 2.05) is 18.4 Å². The van der Waals surface area contributed by atoms with Crippen LogP contribution >= 0.6 is 11.8 Å². The molecule has 2 aromatic carbocycles. The van der Waals surface area contributed by atoms with E-state index in [2.05, 4.69) is 5.32 Å². The molecule has 0 aromatic heterocycles. The summed E-state index contributed by atoms with van der Waals surface area (Å²) in [6, 6.07) is 9.83. The molecule has 0 saturated heterocycles. The van der Waals surface area contributed by atoms with Crippen LogP contribution in [0.5, 0.6) is 11.5 Å². The number of hydrogen-bond donors (Lipinski definition) is 1. The summed E-state index contributed by atoms with van der Waals surface area (Å²) in [5.74, 6) is -1.18. The Hall–Kier alpha value is -2.67. The van der Waals surface area contributed by atoms with Gasteiger partial charge in [-0.25, -0.2) is 0 Å². The number of ether oxygens (including phenoxy) is 2. The second kappa shape index (κ2) is 9.15. The number of carbonyl (C=O) groups is 2. The van der Waals surface area contributed by atoms with Gasteiger partial charge in [0.2, 0.25) is 0 Å². The van der Waals surface area contributed by atoms with Gasteiger partial charge < -0.3 is 24.7 Å². The Morgan fingerprint density at radius 2 is 1.65 bits per heavy atom. The van der Waals surface area contributed by atoms with Crippen LogP contribution in [0.1, 0.15) is 34.6 Å². The Bertz CT molecular complexity index is 807. The third-order valence-corrected chi connectivity index (χ3v) is 4.30. The van der Waals surface area contributed by atoms with Crippen molar-refractivity contribution in [2.24, 2.45) is 0 Å². The van der Waals surface area contributed by atoms with Crippen LogP contribution in [-0.2, 0) is 0 Å². The van der Waals surface area contributed by atoms with E-state index in [1.54, 1.807) is 26.0 Å². The maximum Gasteiger partial charge on any atom is 0.256 e. The topological polar surface area (TPSA) is 87.7 Å². The number of hydrogen-bond acceptors (Lipinski definition) is 6. The largest absolute Gasteiger partial charge is 0.545 e. The number of nitrogens with one attached hydrogen (secondary N) is 1. The maximum atomic E-state index is 12.6. The monoisotopic (exact) mass is 374 g/mol. The average Bonchev–Trinajstić information content (AvgIpc) is 2.63. The van der Waals surface area contributed by atoms with Gasteiger partial charge in [-0.1, -0.05) is 12.1 Å². The van der Waals surface area contributed by atoms with E-state index in [4.69, 9.17) is 9.47 Å². The Balaban J connectivity index is 2.45.